The van der Waals surface area contributed by atoms with Crippen LogP contribution >= 0.6 is 0 Å². The zero-order valence-electron chi connectivity index (χ0n) is 11.0. The van der Waals surface area contributed by atoms with E-state index in [-0.39, 0.29) is 0 Å². The van der Waals surface area contributed by atoms with E-state index in [1.807, 2.05) is 61.5 Å². The first-order valence-electron chi connectivity index (χ1n) is 6.05. The summed E-state index contributed by atoms with van der Waals surface area (Å²) in [6.45, 7) is 3.36. The van der Waals surface area contributed by atoms with Crippen molar-refractivity contribution in [2.75, 3.05) is 0 Å². The van der Waals surface area contributed by atoms with Crippen LogP contribution < -0.4 is 0 Å². The molecule has 0 bridgehead atoms. The van der Waals surface area contributed by atoms with Gasteiger partial charge in [-0.25, -0.2) is 4.79 Å². The lowest BCUT2D eigenvalue weighted by Gasteiger charge is -2.06. The van der Waals surface area contributed by atoms with Gasteiger partial charge in [0, 0.05) is 18.1 Å². The topological polar surface area (TPSA) is 38.7 Å². The van der Waals surface area contributed by atoms with Crippen LogP contribution in [0.2, 0.25) is 0 Å². The van der Waals surface area contributed by atoms with Crippen molar-refractivity contribution in [3.05, 3.63) is 71.3 Å². The average molecular weight is 253 g/mol. The average Bonchev–Trinajstić information content (AvgIpc) is 2.42. The summed E-state index contributed by atoms with van der Waals surface area (Å²) in [6.07, 6.45) is 0. The molecular formula is C16H15NO2. The van der Waals surface area contributed by atoms with E-state index in [1.54, 1.807) is 0 Å². The molecule has 0 N–H and O–H groups in total. The number of carbonyl (C=O) groups is 1. The highest BCUT2D eigenvalue weighted by Crippen LogP contribution is 2.12. The first-order valence-corrected chi connectivity index (χ1v) is 6.05. The molecule has 0 spiro atoms. The standard InChI is InChI=1S/C16H15NO2/c1-12-8-10-15(11-9-12)16(17-19-13(2)18)14-6-4-3-5-7-14/h3-11H,1-2H3/b17-16+. The summed E-state index contributed by atoms with van der Waals surface area (Å²) in [5.74, 6) is -0.430. The quantitative estimate of drug-likeness (QED) is 0.478. The van der Waals surface area contributed by atoms with Gasteiger partial charge in [-0.15, -0.1) is 0 Å². The van der Waals surface area contributed by atoms with E-state index in [2.05, 4.69) is 5.16 Å². The van der Waals surface area contributed by atoms with E-state index in [1.165, 1.54) is 12.5 Å². The Morgan fingerprint density at radius 2 is 1.53 bits per heavy atom. The maximum Gasteiger partial charge on any atom is 0.332 e. The second kappa shape index (κ2) is 5.96. The van der Waals surface area contributed by atoms with Gasteiger partial charge >= 0.3 is 5.97 Å². The van der Waals surface area contributed by atoms with E-state index in [0.717, 1.165) is 11.1 Å². The third-order valence-corrected chi connectivity index (χ3v) is 2.64. The van der Waals surface area contributed by atoms with Crippen molar-refractivity contribution in [2.24, 2.45) is 5.16 Å². The molecule has 3 heteroatoms. The SMILES string of the molecule is CC(=O)O/N=C(\c1ccccc1)c1ccc(C)cc1. The van der Waals surface area contributed by atoms with Gasteiger partial charge in [-0.2, -0.15) is 0 Å². The Labute approximate surface area is 112 Å². The third-order valence-electron chi connectivity index (χ3n) is 2.64. The molecule has 0 aliphatic heterocycles. The van der Waals surface area contributed by atoms with Gasteiger partial charge in [0.2, 0.25) is 0 Å². The minimum Gasteiger partial charge on any atom is -0.318 e. The van der Waals surface area contributed by atoms with Crippen LogP contribution in [0, 0.1) is 6.92 Å². The maximum atomic E-state index is 10.9. The van der Waals surface area contributed by atoms with Gasteiger partial charge in [0.05, 0.1) is 0 Å². The second-order valence-electron chi connectivity index (χ2n) is 4.25. The molecule has 0 amide bonds. The number of hydrogen-bond acceptors (Lipinski definition) is 3. The highest BCUT2D eigenvalue weighted by atomic mass is 16.7. The van der Waals surface area contributed by atoms with Crippen molar-refractivity contribution in [1.82, 2.24) is 0 Å². The van der Waals surface area contributed by atoms with Crippen LogP contribution in [-0.4, -0.2) is 11.7 Å². The maximum absolute atomic E-state index is 10.9. The van der Waals surface area contributed by atoms with Crippen LogP contribution in [0.4, 0.5) is 0 Å². The Balaban J connectivity index is 2.43. The molecule has 0 atom stereocenters. The van der Waals surface area contributed by atoms with Crippen molar-refractivity contribution in [3.8, 4) is 0 Å². The monoisotopic (exact) mass is 253 g/mol. The van der Waals surface area contributed by atoms with Crippen molar-refractivity contribution in [1.29, 1.82) is 0 Å². The number of carbonyl (C=O) groups excluding carboxylic acids is 1. The number of benzene rings is 2. The fourth-order valence-electron chi connectivity index (χ4n) is 1.69. The zero-order valence-corrected chi connectivity index (χ0v) is 11.0. The Hall–Kier alpha value is -2.42. The highest BCUT2D eigenvalue weighted by molar-refractivity contribution is 6.12. The van der Waals surface area contributed by atoms with Gasteiger partial charge in [-0.05, 0) is 6.92 Å². The normalized spacial score (nSPS) is 11.2. The van der Waals surface area contributed by atoms with Crippen LogP contribution in [0.15, 0.2) is 59.8 Å². The molecule has 0 fully saturated rings. The summed E-state index contributed by atoms with van der Waals surface area (Å²) in [5.41, 5.74) is 3.64. The van der Waals surface area contributed by atoms with Gasteiger partial charge in [0.15, 0.2) is 0 Å². The van der Waals surface area contributed by atoms with E-state index in [0.29, 0.717) is 5.71 Å². The van der Waals surface area contributed by atoms with E-state index >= 15 is 0 Å². The molecule has 0 saturated carbocycles. The third kappa shape index (κ3) is 3.52. The summed E-state index contributed by atoms with van der Waals surface area (Å²) in [5, 5.41) is 3.96. The van der Waals surface area contributed by atoms with E-state index in [9.17, 15) is 4.79 Å². The minimum atomic E-state index is -0.430. The Kier molecular flexibility index (Phi) is 4.08. The lowest BCUT2D eigenvalue weighted by molar-refractivity contribution is -0.140. The number of rotatable bonds is 3. The molecule has 0 radical (unpaired) electrons. The number of oxime groups is 1. The molecule has 3 nitrogen and oxygen atoms in total. The van der Waals surface area contributed by atoms with Crippen molar-refractivity contribution >= 4 is 11.7 Å². The molecule has 0 aliphatic rings. The van der Waals surface area contributed by atoms with Crippen molar-refractivity contribution < 1.29 is 9.63 Å². The lowest BCUT2D eigenvalue weighted by atomic mass is 10.0. The summed E-state index contributed by atoms with van der Waals surface area (Å²) in [4.78, 5) is 15.7. The summed E-state index contributed by atoms with van der Waals surface area (Å²) >= 11 is 0. The van der Waals surface area contributed by atoms with E-state index < -0.39 is 5.97 Å². The molecule has 96 valence electrons. The van der Waals surface area contributed by atoms with Gasteiger partial charge in [-0.1, -0.05) is 65.3 Å². The molecule has 0 aliphatic carbocycles. The predicted octanol–water partition coefficient (Wildman–Crippen LogP) is 3.31. The summed E-state index contributed by atoms with van der Waals surface area (Å²) in [6, 6.07) is 17.6. The molecular weight excluding hydrogens is 238 g/mol. The highest BCUT2D eigenvalue weighted by Gasteiger charge is 2.08. The second-order valence-corrected chi connectivity index (χ2v) is 4.25. The van der Waals surface area contributed by atoms with Gasteiger partial charge in [0.1, 0.15) is 5.71 Å². The predicted molar refractivity (Wildman–Crippen MR) is 75.0 cm³/mol. The van der Waals surface area contributed by atoms with Crippen LogP contribution in [-0.2, 0) is 9.63 Å². The first-order chi connectivity index (χ1) is 9.16. The molecule has 2 aromatic rings. The fraction of sp³-hybridized carbons (Fsp3) is 0.125. The van der Waals surface area contributed by atoms with Crippen molar-refractivity contribution in [2.45, 2.75) is 13.8 Å². The molecule has 0 saturated heterocycles. The van der Waals surface area contributed by atoms with E-state index in [4.69, 9.17) is 4.84 Å². The Morgan fingerprint density at radius 1 is 0.947 bits per heavy atom. The molecule has 19 heavy (non-hydrogen) atoms. The molecule has 0 unspecified atom stereocenters. The number of aryl methyl sites for hydroxylation is 1. The Morgan fingerprint density at radius 3 is 2.11 bits per heavy atom. The largest absolute Gasteiger partial charge is 0.332 e. The zero-order chi connectivity index (χ0) is 13.7. The molecule has 2 rings (SSSR count). The van der Waals surface area contributed by atoms with Crippen LogP contribution in [0.1, 0.15) is 23.6 Å². The first kappa shape index (κ1) is 13.0. The van der Waals surface area contributed by atoms with Crippen LogP contribution in [0.25, 0.3) is 0 Å². The number of nitrogens with zero attached hydrogens (tertiary/aromatic N) is 1. The summed E-state index contributed by atoms with van der Waals surface area (Å²) < 4.78 is 0. The fourth-order valence-corrected chi connectivity index (χ4v) is 1.69. The van der Waals surface area contributed by atoms with Gasteiger partial charge in [0.25, 0.3) is 0 Å². The molecule has 0 heterocycles. The Bertz CT molecular complexity index is 586. The summed E-state index contributed by atoms with van der Waals surface area (Å²) in [7, 11) is 0. The van der Waals surface area contributed by atoms with Gasteiger partial charge < -0.3 is 4.84 Å². The minimum absolute atomic E-state index is 0.430. The smallest absolute Gasteiger partial charge is 0.318 e. The molecule has 0 aromatic heterocycles. The lowest BCUT2D eigenvalue weighted by Crippen LogP contribution is -2.05. The van der Waals surface area contributed by atoms with Crippen LogP contribution in [0.5, 0.6) is 0 Å². The van der Waals surface area contributed by atoms with Crippen LogP contribution in [0.3, 0.4) is 0 Å². The number of hydrogen-bond donors (Lipinski definition) is 0. The van der Waals surface area contributed by atoms with Crippen molar-refractivity contribution in [3.63, 3.8) is 0 Å². The molecule has 2 aromatic carbocycles. The van der Waals surface area contributed by atoms with Gasteiger partial charge in [-0.3, -0.25) is 0 Å².